The average Bonchev–Trinajstić information content (AvgIpc) is 2.64. The van der Waals surface area contributed by atoms with Crippen molar-refractivity contribution in [1.82, 2.24) is 4.90 Å². The number of nitrogens with one attached hydrogen (secondary N) is 1. The third-order valence-electron chi connectivity index (χ3n) is 4.60. The molecular formula is C19H21ClN2O3S. The molecule has 1 aliphatic heterocycles. The Morgan fingerprint density at radius 3 is 2.31 bits per heavy atom. The number of para-hydroxylation sites is 1. The minimum absolute atomic E-state index is 0.0556. The highest BCUT2D eigenvalue weighted by Crippen LogP contribution is 2.24. The molecule has 0 spiro atoms. The molecule has 0 aromatic heterocycles. The molecule has 1 N–H and O–H groups in total. The first-order valence-corrected chi connectivity index (χ1v) is 10.4. The minimum atomic E-state index is -3.77. The van der Waals surface area contributed by atoms with Crippen molar-refractivity contribution in [2.75, 3.05) is 17.8 Å². The molecule has 138 valence electrons. The van der Waals surface area contributed by atoms with Gasteiger partial charge in [-0.25, -0.2) is 8.42 Å². The van der Waals surface area contributed by atoms with Gasteiger partial charge in [0.05, 0.1) is 15.6 Å². The van der Waals surface area contributed by atoms with Gasteiger partial charge in [0.15, 0.2) is 0 Å². The second-order valence-electron chi connectivity index (χ2n) is 6.58. The fraction of sp³-hybridized carbons (Fsp3) is 0.316. The Bertz CT molecular complexity index is 889. The van der Waals surface area contributed by atoms with Crippen LogP contribution in [0.15, 0.2) is 53.4 Å². The third kappa shape index (κ3) is 4.19. The van der Waals surface area contributed by atoms with Gasteiger partial charge in [0.1, 0.15) is 0 Å². The van der Waals surface area contributed by atoms with Gasteiger partial charge >= 0.3 is 0 Å². The molecular weight excluding hydrogens is 372 g/mol. The number of sulfonamides is 1. The molecule has 0 atom stereocenters. The summed E-state index contributed by atoms with van der Waals surface area (Å²) in [6.07, 6.45) is 2.00. The normalized spacial score (nSPS) is 15.7. The molecule has 0 saturated carbocycles. The van der Waals surface area contributed by atoms with Crippen LogP contribution in [0, 0.1) is 5.92 Å². The summed E-state index contributed by atoms with van der Waals surface area (Å²) in [5.74, 6) is 0.586. The Hall–Kier alpha value is -2.05. The lowest BCUT2D eigenvalue weighted by molar-refractivity contribution is 0.0697. The molecule has 0 aliphatic carbocycles. The van der Waals surface area contributed by atoms with Crippen LogP contribution >= 0.6 is 11.6 Å². The lowest BCUT2D eigenvalue weighted by Gasteiger charge is -2.30. The number of hydrogen-bond acceptors (Lipinski definition) is 3. The second kappa shape index (κ2) is 7.68. The fourth-order valence-corrected chi connectivity index (χ4v) is 4.24. The number of likely N-dealkylation sites (tertiary alicyclic amines) is 1. The maximum absolute atomic E-state index is 12.5. The molecule has 1 aliphatic rings. The van der Waals surface area contributed by atoms with E-state index in [1.54, 1.807) is 36.4 Å². The first-order chi connectivity index (χ1) is 12.4. The van der Waals surface area contributed by atoms with Gasteiger partial charge in [-0.05, 0) is 55.2 Å². The van der Waals surface area contributed by atoms with E-state index in [0.717, 1.165) is 25.9 Å². The number of benzene rings is 2. The summed E-state index contributed by atoms with van der Waals surface area (Å²) in [4.78, 5) is 14.5. The van der Waals surface area contributed by atoms with E-state index < -0.39 is 10.0 Å². The van der Waals surface area contributed by atoms with Gasteiger partial charge in [0.25, 0.3) is 15.9 Å². The molecule has 0 bridgehead atoms. The van der Waals surface area contributed by atoms with Crippen LogP contribution in [0.1, 0.15) is 30.1 Å². The van der Waals surface area contributed by atoms with E-state index in [4.69, 9.17) is 11.6 Å². The van der Waals surface area contributed by atoms with Gasteiger partial charge < -0.3 is 4.90 Å². The van der Waals surface area contributed by atoms with E-state index in [2.05, 4.69) is 11.6 Å². The van der Waals surface area contributed by atoms with Gasteiger partial charge in [0, 0.05) is 18.7 Å². The smallest absolute Gasteiger partial charge is 0.261 e. The molecule has 0 radical (unpaired) electrons. The van der Waals surface area contributed by atoms with Crippen LogP contribution in [0.5, 0.6) is 0 Å². The molecule has 3 rings (SSSR count). The number of carbonyl (C=O) groups excluding carboxylic acids is 1. The van der Waals surface area contributed by atoms with Crippen molar-refractivity contribution in [1.29, 1.82) is 0 Å². The van der Waals surface area contributed by atoms with Crippen molar-refractivity contribution in [3.8, 4) is 0 Å². The molecule has 1 saturated heterocycles. The number of amides is 1. The van der Waals surface area contributed by atoms with E-state index in [9.17, 15) is 13.2 Å². The zero-order valence-electron chi connectivity index (χ0n) is 14.5. The van der Waals surface area contributed by atoms with Gasteiger partial charge in [-0.1, -0.05) is 30.7 Å². The highest BCUT2D eigenvalue weighted by molar-refractivity contribution is 7.92. The van der Waals surface area contributed by atoms with Crippen molar-refractivity contribution >= 4 is 33.2 Å². The molecule has 0 unspecified atom stereocenters. The van der Waals surface area contributed by atoms with Crippen LogP contribution < -0.4 is 4.72 Å². The molecule has 1 fully saturated rings. The summed E-state index contributed by atoms with van der Waals surface area (Å²) < 4.78 is 27.5. The topological polar surface area (TPSA) is 66.5 Å². The number of anilines is 1. The highest BCUT2D eigenvalue weighted by Gasteiger charge is 2.22. The van der Waals surface area contributed by atoms with Crippen LogP contribution in [0.25, 0.3) is 0 Å². The molecule has 1 heterocycles. The van der Waals surface area contributed by atoms with Crippen molar-refractivity contribution < 1.29 is 13.2 Å². The van der Waals surface area contributed by atoms with Gasteiger partial charge in [-0.3, -0.25) is 9.52 Å². The summed E-state index contributed by atoms with van der Waals surface area (Å²) in [7, 11) is -3.77. The highest BCUT2D eigenvalue weighted by atomic mass is 35.5. The van der Waals surface area contributed by atoms with Crippen LogP contribution in [0.3, 0.4) is 0 Å². The largest absolute Gasteiger partial charge is 0.339 e. The summed E-state index contributed by atoms with van der Waals surface area (Å²) in [6, 6.07) is 12.6. The van der Waals surface area contributed by atoms with Crippen LogP contribution in [-0.4, -0.2) is 32.3 Å². The fourth-order valence-electron chi connectivity index (χ4n) is 2.92. The Kier molecular flexibility index (Phi) is 5.53. The van der Waals surface area contributed by atoms with Crippen LogP contribution in [0.2, 0.25) is 5.02 Å². The number of halogens is 1. The molecule has 2 aromatic rings. The Morgan fingerprint density at radius 2 is 1.69 bits per heavy atom. The lowest BCUT2D eigenvalue weighted by Crippen LogP contribution is -2.37. The maximum Gasteiger partial charge on any atom is 0.261 e. The number of rotatable bonds is 4. The van der Waals surface area contributed by atoms with E-state index in [1.165, 1.54) is 12.1 Å². The minimum Gasteiger partial charge on any atom is -0.339 e. The molecule has 1 amide bonds. The number of piperidine rings is 1. The quantitative estimate of drug-likeness (QED) is 0.854. The SMILES string of the molecule is CC1CCN(C(=O)c2ccc(S(=O)(=O)Nc3ccccc3Cl)cc2)CC1. The zero-order valence-corrected chi connectivity index (χ0v) is 16.1. The predicted molar refractivity (Wildman–Crippen MR) is 103 cm³/mol. The number of carbonyl (C=O) groups is 1. The Labute approximate surface area is 159 Å². The van der Waals surface area contributed by atoms with Crippen LogP contribution in [0.4, 0.5) is 5.69 Å². The zero-order chi connectivity index (χ0) is 18.7. The Balaban J connectivity index is 1.74. The van der Waals surface area contributed by atoms with Crippen LogP contribution in [-0.2, 0) is 10.0 Å². The average molecular weight is 393 g/mol. The maximum atomic E-state index is 12.5. The summed E-state index contributed by atoms with van der Waals surface area (Å²) in [6.45, 7) is 3.68. The summed E-state index contributed by atoms with van der Waals surface area (Å²) in [5.41, 5.74) is 0.813. The van der Waals surface area contributed by atoms with Gasteiger partial charge in [-0.2, -0.15) is 0 Å². The van der Waals surface area contributed by atoms with Crippen molar-refractivity contribution in [3.05, 3.63) is 59.1 Å². The second-order valence-corrected chi connectivity index (χ2v) is 8.67. The lowest BCUT2D eigenvalue weighted by atomic mass is 9.98. The van der Waals surface area contributed by atoms with Gasteiger partial charge in [0.2, 0.25) is 0 Å². The summed E-state index contributed by atoms with van der Waals surface area (Å²) >= 11 is 6.00. The van der Waals surface area contributed by atoms with E-state index in [0.29, 0.717) is 22.2 Å². The first kappa shape index (κ1) is 18.7. The standard InChI is InChI=1S/C19H21ClN2O3S/c1-14-10-12-22(13-11-14)19(23)15-6-8-16(9-7-15)26(24,25)21-18-5-3-2-4-17(18)20/h2-9,14,21H,10-13H2,1H3. The van der Waals surface area contributed by atoms with Crippen molar-refractivity contribution in [2.24, 2.45) is 5.92 Å². The predicted octanol–water partition coefficient (Wildman–Crippen LogP) is 4.01. The van der Waals surface area contributed by atoms with E-state index >= 15 is 0 Å². The van der Waals surface area contributed by atoms with E-state index in [1.807, 2.05) is 4.90 Å². The monoisotopic (exact) mass is 392 g/mol. The molecule has 26 heavy (non-hydrogen) atoms. The third-order valence-corrected chi connectivity index (χ3v) is 6.31. The Morgan fingerprint density at radius 1 is 1.08 bits per heavy atom. The molecule has 5 nitrogen and oxygen atoms in total. The van der Waals surface area contributed by atoms with E-state index in [-0.39, 0.29) is 10.8 Å². The summed E-state index contributed by atoms with van der Waals surface area (Å²) in [5, 5.41) is 0.321. The first-order valence-electron chi connectivity index (χ1n) is 8.53. The number of nitrogens with zero attached hydrogens (tertiary/aromatic N) is 1. The molecule has 2 aromatic carbocycles. The number of hydrogen-bond donors (Lipinski definition) is 1. The molecule has 7 heteroatoms. The van der Waals surface area contributed by atoms with Gasteiger partial charge in [-0.15, -0.1) is 0 Å². The van der Waals surface area contributed by atoms with Crippen molar-refractivity contribution in [2.45, 2.75) is 24.7 Å². The van der Waals surface area contributed by atoms with Crippen molar-refractivity contribution in [3.63, 3.8) is 0 Å².